The van der Waals surface area contributed by atoms with Crippen molar-refractivity contribution in [2.45, 2.75) is 18.6 Å². The van der Waals surface area contributed by atoms with Gasteiger partial charge in [-0.25, -0.2) is 0 Å². The van der Waals surface area contributed by atoms with Crippen LogP contribution < -0.4 is 4.74 Å². The van der Waals surface area contributed by atoms with Crippen molar-refractivity contribution < 1.29 is 9.20 Å². The van der Waals surface area contributed by atoms with Crippen molar-refractivity contribution in [1.82, 2.24) is 0 Å². The van der Waals surface area contributed by atoms with Gasteiger partial charge in [0, 0.05) is 0 Å². The number of benzene rings is 1. The minimum Gasteiger partial charge on any atom is -0.495 e. The summed E-state index contributed by atoms with van der Waals surface area (Å²) in [4.78, 5) is 0. The van der Waals surface area contributed by atoms with Crippen molar-refractivity contribution in [3.05, 3.63) is 29.8 Å². The van der Waals surface area contributed by atoms with Crippen LogP contribution in [0, 0.1) is 0 Å². The normalized spacial score (nSPS) is 19.2. The van der Waals surface area contributed by atoms with E-state index in [9.17, 15) is 0 Å². The zero-order valence-corrected chi connectivity index (χ0v) is 11.2. The van der Waals surface area contributed by atoms with Gasteiger partial charge >= 0.3 is 0 Å². The molecule has 0 saturated heterocycles. The third-order valence-corrected chi connectivity index (χ3v) is 2.93. The lowest BCUT2D eigenvalue weighted by Crippen LogP contribution is -2.22. The highest BCUT2D eigenvalue weighted by molar-refractivity contribution is 6.11. The van der Waals surface area contributed by atoms with E-state index in [1.165, 1.54) is 18.4 Å². The molecule has 2 rings (SSSR count). The fourth-order valence-corrected chi connectivity index (χ4v) is 2.00. The minimum atomic E-state index is 0.532. The molecular weight excluding hydrogens is 196 g/mol. The van der Waals surface area contributed by atoms with E-state index < -0.39 is 0 Å². The first-order valence-corrected chi connectivity index (χ1v) is 6.13. The lowest BCUT2D eigenvalue weighted by molar-refractivity contribution is 0.248. The number of aryl methyl sites for hydroxylation is 1. The molecule has 0 aliphatic carbocycles. The summed E-state index contributed by atoms with van der Waals surface area (Å²) in [5, 5.41) is 0. The van der Waals surface area contributed by atoms with Crippen molar-refractivity contribution in [3.63, 3.8) is 0 Å². The summed E-state index contributed by atoms with van der Waals surface area (Å²) in [5.74, 6) is 1.11. The van der Waals surface area contributed by atoms with Crippen LogP contribution in [0.2, 0.25) is 0 Å². The maximum atomic E-state index is 8.28. The summed E-state index contributed by atoms with van der Waals surface area (Å²) >= 11 is 0. The molecule has 0 spiro atoms. The molecule has 0 amide bonds. The van der Waals surface area contributed by atoms with Gasteiger partial charge in [0.05, 0.1) is 16.0 Å². The Morgan fingerprint density at radius 3 is 2.85 bits per heavy atom. The fraction of sp³-hybridized carbons (Fsp3) is 0.333. The second-order valence-corrected chi connectivity index (χ2v) is 4.36. The van der Waals surface area contributed by atoms with Crippen LogP contribution in [0.15, 0.2) is 24.3 Å². The first kappa shape index (κ1) is 10.3. The number of ether oxygens (including phenoxy) is 1. The van der Waals surface area contributed by atoms with Gasteiger partial charge in [-0.3, -0.25) is 0 Å². The zero-order chi connectivity index (χ0) is 9.68. The summed E-state index contributed by atoms with van der Waals surface area (Å²) in [5.41, 5.74) is 1.91. The van der Waals surface area contributed by atoms with Gasteiger partial charge in [0.15, 0.2) is 0 Å². The Bertz CT molecular complexity index is 278. The van der Waals surface area contributed by atoms with Crippen LogP contribution >= 0.6 is 0 Å². The second-order valence-electron chi connectivity index (χ2n) is 3.07. The van der Waals surface area contributed by atoms with E-state index in [2.05, 4.69) is 18.2 Å². The number of para-hydroxylation sites is 1. The molecule has 1 atom stereocenters. The van der Waals surface area contributed by atoms with Gasteiger partial charge in [-0.05, 0) is 24.5 Å². The summed E-state index contributed by atoms with van der Waals surface area (Å²) in [6, 6.07) is 8.34. The number of hydrogen-bond donors (Lipinski definition) is 0. The largest absolute Gasteiger partial charge is 0.495 e. The topological polar surface area (TPSA) is 26.3 Å². The third kappa shape index (κ3) is 2.60. The first-order valence-electron chi connectivity index (χ1n) is 4.40. The molecule has 1 unspecified atom stereocenters. The van der Waals surface area contributed by atoms with Gasteiger partial charge in [-0.15, -0.1) is 0 Å². The SMILES string of the molecule is O=[SiH2].[SiH3]C1CCc2ccccc2O1. The molecule has 70 valence electrons. The maximum Gasteiger partial charge on any atom is 0.245 e. The third-order valence-electron chi connectivity index (χ3n) is 2.12. The molecule has 1 heterocycles. The highest BCUT2D eigenvalue weighted by Crippen LogP contribution is 2.25. The van der Waals surface area contributed by atoms with Crippen molar-refractivity contribution in [2.75, 3.05) is 0 Å². The average Bonchev–Trinajstić information content (AvgIpc) is 2.21. The molecule has 0 radical (unpaired) electrons. The zero-order valence-electron chi connectivity index (χ0n) is 7.82. The van der Waals surface area contributed by atoms with E-state index >= 15 is 0 Å². The lowest BCUT2D eigenvalue weighted by atomic mass is 10.1. The number of fused-ring (bicyclic) bond motifs is 1. The molecule has 0 fully saturated rings. The van der Waals surface area contributed by atoms with Crippen molar-refractivity contribution in [2.24, 2.45) is 0 Å². The van der Waals surface area contributed by atoms with Crippen molar-refractivity contribution in [3.8, 4) is 5.75 Å². The molecular formula is C9H14O2Si2. The summed E-state index contributed by atoms with van der Waals surface area (Å²) in [6.07, 6.45) is 2.41. The van der Waals surface area contributed by atoms with Gasteiger partial charge in [0.1, 0.15) is 5.75 Å². The Morgan fingerprint density at radius 2 is 2.08 bits per heavy atom. The smallest absolute Gasteiger partial charge is 0.245 e. The molecule has 0 aromatic heterocycles. The Morgan fingerprint density at radius 1 is 1.38 bits per heavy atom. The fourth-order valence-electron chi connectivity index (χ4n) is 1.46. The Hall–Kier alpha value is -0.746. The highest BCUT2D eigenvalue weighted by Gasteiger charge is 2.13. The average molecular weight is 210 g/mol. The predicted octanol–water partition coefficient (Wildman–Crippen LogP) is -0.332. The van der Waals surface area contributed by atoms with Gasteiger partial charge in [-0.2, -0.15) is 0 Å². The molecule has 0 saturated carbocycles. The number of hydrogen-bond acceptors (Lipinski definition) is 2. The van der Waals surface area contributed by atoms with E-state index in [-0.39, 0.29) is 0 Å². The van der Waals surface area contributed by atoms with Crippen LogP contribution in [0.1, 0.15) is 12.0 Å². The standard InChI is InChI=1S/C9H12OSi.H2OSi/c11-9-6-5-7-3-1-2-4-8(7)10-9;1-2/h1-4,9H,5-6H2,11H3;2H2. The van der Waals surface area contributed by atoms with E-state index in [1.807, 2.05) is 6.07 Å². The van der Waals surface area contributed by atoms with Crippen molar-refractivity contribution >= 4 is 20.4 Å². The molecule has 4 heteroatoms. The maximum absolute atomic E-state index is 8.28. The monoisotopic (exact) mass is 210 g/mol. The molecule has 0 N–H and O–H groups in total. The predicted molar refractivity (Wildman–Crippen MR) is 58.3 cm³/mol. The Balaban J connectivity index is 0.000000396. The minimum absolute atomic E-state index is 0.532. The highest BCUT2D eigenvalue weighted by atomic mass is 28.1. The number of rotatable bonds is 0. The van der Waals surface area contributed by atoms with E-state index in [0.717, 1.165) is 16.0 Å². The first-order chi connectivity index (χ1) is 6.36. The van der Waals surface area contributed by atoms with Gasteiger partial charge in [0.2, 0.25) is 10.1 Å². The molecule has 1 aliphatic rings. The van der Waals surface area contributed by atoms with Gasteiger partial charge in [0.25, 0.3) is 0 Å². The molecule has 2 nitrogen and oxygen atoms in total. The molecule has 1 aromatic carbocycles. The van der Waals surface area contributed by atoms with E-state index in [4.69, 9.17) is 9.20 Å². The van der Waals surface area contributed by atoms with Crippen LogP contribution in [0.3, 0.4) is 0 Å². The van der Waals surface area contributed by atoms with E-state index in [1.54, 1.807) is 0 Å². The van der Waals surface area contributed by atoms with Crippen molar-refractivity contribution in [1.29, 1.82) is 0 Å². The summed E-state index contributed by atoms with van der Waals surface area (Å²) < 4.78 is 14.0. The van der Waals surface area contributed by atoms with Crippen LogP contribution in [-0.4, -0.2) is 26.1 Å². The van der Waals surface area contributed by atoms with Crippen LogP contribution in [-0.2, 0) is 10.9 Å². The Labute approximate surface area is 84.2 Å². The molecule has 1 aliphatic heterocycles. The van der Waals surface area contributed by atoms with E-state index in [0.29, 0.717) is 15.9 Å². The summed E-state index contributed by atoms with van der Waals surface area (Å²) in [6.45, 7) is 0. The summed E-state index contributed by atoms with van der Waals surface area (Å²) in [7, 11) is 1.76. The molecule has 13 heavy (non-hydrogen) atoms. The lowest BCUT2D eigenvalue weighted by Gasteiger charge is -2.22. The van der Waals surface area contributed by atoms with Crippen LogP contribution in [0.25, 0.3) is 0 Å². The molecule has 0 bridgehead atoms. The van der Waals surface area contributed by atoms with Crippen LogP contribution in [0.4, 0.5) is 0 Å². The van der Waals surface area contributed by atoms with Crippen LogP contribution in [0.5, 0.6) is 5.75 Å². The van der Waals surface area contributed by atoms with Gasteiger partial charge < -0.3 is 9.20 Å². The van der Waals surface area contributed by atoms with Gasteiger partial charge in [-0.1, -0.05) is 18.2 Å². The Kier molecular flexibility index (Phi) is 4.04. The second kappa shape index (κ2) is 5.09. The quantitative estimate of drug-likeness (QED) is 0.548. The molecule has 1 aromatic rings.